The van der Waals surface area contributed by atoms with E-state index in [1.807, 2.05) is 48.5 Å². The van der Waals surface area contributed by atoms with Crippen LogP contribution in [0.15, 0.2) is 67.0 Å². The molecule has 116 valence electrons. The van der Waals surface area contributed by atoms with Crippen LogP contribution in [-0.2, 0) is 6.42 Å². The first-order chi connectivity index (χ1) is 11.3. The maximum atomic E-state index is 5.88. The van der Waals surface area contributed by atoms with Crippen molar-refractivity contribution >= 4 is 28.9 Å². The Kier molecular flexibility index (Phi) is 5.06. The van der Waals surface area contributed by atoms with Crippen LogP contribution in [0.3, 0.4) is 0 Å². The minimum Gasteiger partial charge on any atom is -0.370 e. The summed E-state index contributed by atoms with van der Waals surface area (Å²) in [4.78, 5) is 8.47. The Morgan fingerprint density at radius 1 is 0.870 bits per heavy atom. The number of anilines is 3. The fraction of sp³-hybridized carbons (Fsp3) is 0.111. The maximum Gasteiger partial charge on any atom is 0.135 e. The summed E-state index contributed by atoms with van der Waals surface area (Å²) in [6.07, 6.45) is 2.49. The van der Waals surface area contributed by atoms with Gasteiger partial charge in [-0.2, -0.15) is 0 Å². The molecule has 0 spiro atoms. The van der Waals surface area contributed by atoms with Gasteiger partial charge in [-0.1, -0.05) is 41.9 Å². The van der Waals surface area contributed by atoms with Gasteiger partial charge in [0.1, 0.15) is 18.0 Å². The third-order valence-electron chi connectivity index (χ3n) is 3.35. The molecular formula is C18H17ClN4. The summed E-state index contributed by atoms with van der Waals surface area (Å²) in [6, 6.07) is 19.7. The zero-order chi connectivity index (χ0) is 15.9. The molecule has 2 N–H and O–H groups in total. The molecule has 1 aromatic heterocycles. The Balaban J connectivity index is 1.57. The predicted molar refractivity (Wildman–Crippen MR) is 95.4 cm³/mol. The number of nitrogens with one attached hydrogen (secondary N) is 2. The number of aromatic nitrogens is 2. The first-order valence-electron chi connectivity index (χ1n) is 7.42. The first kappa shape index (κ1) is 15.3. The Morgan fingerprint density at radius 3 is 2.39 bits per heavy atom. The molecule has 0 aliphatic carbocycles. The molecule has 0 aliphatic rings. The van der Waals surface area contributed by atoms with E-state index in [-0.39, 0.29) is 0 Å². The van der Waals surface area contributed by atoms with E-state index in [2.05, 4.69) is 32.7 Å². The summed E-state index contributed by atoms with van der Waals surface area (Å²) in [5.41, 5.74) is 2.23. The minimum atomic E-state index is 0.710. The van der Waals surface area contributed by atoms with Gasteiger partial charge in [0.2, 0.25) is 0 Å². The van der Waals surface area contributed by atoms with E-state index >= 15 is 0 Å². The molecule has 0 radical (unpaired) electrons. The Labute approximate surface area is 140 Å². The predicted octanol–water partition coefficient (Wildman–Crippen LogP) is 4.53. The van der Waals surface area contributed by atoms with Crippen molar-refractivity contribution in [2.75, 3.05) is 17.2 Å². The molecule has 0 fully saturated rings. The van der Waals surface area contributed by atoms with E-state index < -0.39 is 0 Å². The van der Waals surface area contributed by atoms with Crippen molar-refractivity contribution in [3.05, 3.63) is 77.6 Å². The monoisotopic (exact) mass is 324 g/mol. The van der Waals surface area contributed by atoms with Crippen LogP contribution in [-0.4, -0.2) is 16.5 Å². The molecule has 0 unspecified atom stereocenters. The zero-order valence-corrected chi connectivity index (χ0v) is 13.3. The average molecular weight is 325 g/mol. The number of rotatable bonds is 6. The van der Waals surface area contributed by atoms with Crippen LogP contribution >= 0.6 is 11.6 Å². The molecule has 0 bridgehead atoms. The average Bonchev–Trinajstić information content (AvgIpc) is 2.58. The van der Waals surface area contributed by atoms with Crippen LogP contribution in [0.4, 0.5) is 17.3 Å². The lowest BCUT2D eigenvalue weighted by Gasteiger charge is -2.09. The molecule has 5 heteroatoms. The second-order valence-corrected chi connectivity index (χ2v) is 5.52. The lowest BCUT2D eigenvalue weighted by atomic mass is 10.1. The molecule has 3 aromatic rings. The molecule has 0 atom stereocenters. The van der Waals surface area contributed by atoms with Gasteiger partial charge in [0.05, 0.1) is 0 Å². The van der Waals surface area contributed by atoms with E-state index in [9.17, 15) is 0 Å². The summed E-state index contributed by atoms with van der Waals surface area (Å²) in [5.74, 6) is 1.54. The molecule has 0 saturated carbocycles. The topological polar surface area (TPSA) is 49.8 Å². The highest BCUT2D eigenvalue weighted by atomic mass is 35.5. The zero-order valence-electron chi connectivity index (χ0n) is 12.5. The molecular weight excluding hydrogens is 308 g/mol. The van der Waals surface area contributed by atoms with Gasteiger partial charge < -0.3 is 10.6 Å². The van der Waals surface area contributed by atoms with Crippen molar-refractivity contribution < 1.29 is 0 Å². The highest BCUT2D eigenvalue weighted by Gasteiger charge is 2.00. The number of hydrogen-bond donors (Lipinski definition) is 2. The van der Waals surface area contributed by atoms with Crippen LogP contribution in [0.1, 0.15) is 5.56 Å². The largest absolute Gasteiger partial charge is 0.370 e. The second kappa shape index (κ2) is 7.61. The summed E-state index contributed by atoms with van der Waals surface area (Å²) in [6.45, 7) is 0.821. The normalized spacial score (nSPS) is 10.3. The van der Waals surface area contributed by atoms with Gasteiger partial charge in [-0.15, -0.1) is 0 Å². The van der Waals surface area contributed by atoms with Gasteiger partial charge in [0.25, 0.3) is 0 Å². The summed E-state index contributed by atoms with van der Waals surface area (Å²) < 4.78 is 0. The summed E-state index contributed by atoms with van der Waals surface area (Å²) in [5, 5.41) is 7.26. The van der Waals surface area contributed by atoms with Crippen molar-refractivity contribution in [1.29, 1.82) is 0 Å². The molecule has 0 aliphatic heterocycles. The van der Waals surface area contributed by atoms with Crippen molar-refractivity contribution in [3.8, 4) is 0 Å². The fourth-order valence-electron chi connectivity index (χ4n) is 2.18. The first-order valence-corrected chi connectivity index (χ1v) is 7.80. The van der Waals surface area contributed by atoms with Crippen LogP contribution in [0.2, 0.25) is 5.02 Å². The molecule has 3 rings (SSSR count). The lowest BCUT2D eigenvalue weighted by Crippen LogP contribution is -2.07. The van der Waals surface area contributed by atoms with E-state index in [1.165, 1.54) is 5.56 Å². The number of halogens is 1. The highest BCUT2D eigenvalue weighted by molar-refractivity contribution is 6.30. The highest BCUT2D eigenvalue weighted by Crippen LogP contribution is 2.18. The van der Waals surface area contributed by atoms with Gasteiger partial charge in [0.15, 0.2) is 0 Å². The lowest BCUT2D eigenvalue weighted by molar-refractivity contribution is 1.000. The van der Waals surface area contributed by atoms with E-state index in [0.717, 1.165) is 30.3 Å². The van der Waals surface area contributed by atoms with E-state index in [0.29, 0.717) is 5.02 Å². The molecule has 4 nitrogen and oxygen atoms in total. The summed E-state index contributed by atoms with van der Waals surface area (Å²) in [7, 11) is 0. The fourth-order valence-corrected chi connectivity index (χ4v) is 2.31. The molecule has 0 saturated heterocycles. The minimum absolute atomic E-state index is 0.710. The third kappa shape index (κ3) is 4.69. The standard InChI is InChI=1S/C18H17ClN4/c19-15-6-8-16(9-7-15)23-18-12-17(21-13-22-18)20-11-10-14-4-2-1-3-5-14/h1-9,12-13H,10-11H2,(H2,20,21,22,23). The maximum absolute atomic E-state index is 5.88. The van der Waals surface area contributed by atoms with Gasteiger partial charge >= 0.3 is 0 Å². The number of hydrogen-bond acceptors (Lipinski definition) is 4. The van der Waals surface area contributed by atoms with Crippen molar-refractivity contribution in [3.63, 3.8) is 0 Å². The molecule has 0 amide bonds. The molecule has 2 aromatic carbocycles. The quantitative estimate of drug-likeness (QED) is 0.699. The van der Waals surface area contributed by atoms with Gasteiger partial charge in [0, 0.05) is 23.3 Å². The van der Waals surface area contributed by atoms with Gasteiger partial charge in [-0.3, -0.25) is 0 Å². The number of nitrogens with zero attached hydrogens (tertiary/aromatic N) is 2. The van der Waals surface area contributed by atoms with Crippen LogP contribution < -0.4 is 10.6 Å². The second-order valence-electron chi connectivity index (χ2n) is 5.08. The van der Waals surface area contributed by atoms with Crippen molar-refractivity contribution in [1.82, 2.24) is 9.97 Å². The third-order valence-corrected chi connectivity index (χ3v) is 3.60. The Morgan fingerprint density at radius 2 is 1.61 bits per heavy atom. The number of benzene rings is 2. The Bertz CT molecular complexity index is 744. The molecule has 23 heavy (non-hydrogen) atoms. The van der Waals surface area contributed by atoms with E-state index in [1.54, 1.807) is 6.33 Å². The van der Waals surface area contributed by atoms with Crippen molar-refractivity contribution in [2.24, 2.45) is 0 Å². The van der Waals surface area contributed by atoms with Crippen LogP contribution in [0.5, 0.6) is 0 Å². The van der Waals surface area contributed by atoms with Gasteiger partial charge in [-0.25, -0.2) is 9.97 Å². The van der Waals surface area contributed by atoms with Gasteiger partial charge in [-0.05, 0) is 36.2 Å². The summed E-state index contributed by atoms with van der Waals surface area (Å²) >= 11 is 5.88. The van der Waals surface area contributed by atoms with E-state index in [4.69, 9.17) is 11.6 Å². The van der Waals surface area contributed by atoms with Crippen molar-refractivity contribution in [2.45, 2.75) is 6.42 Å². The smallest absolute Gasteiger partial charge is 0.135 e. The SMILES string of the molecule is Clc1ccc(Nc2cc(NCCc3ccccc3)ncn2)cc1. The van der Waals surface area contributed by atoms with Crippen LogP contribution in [0.25, 0.3) is 0 Å². The Hall–Kier alpha value is -2.59. The van der Waals surface area contributed by atoms with Crippen LogP contribution in [0, 0.1) is 0 Å². The molecule has 1 heterocycles.